The fourth-order valence-corrected chi connectivity index (χ4v) is 2.51. The van der Waals surface area contributed by atoms with Gasteiger partial charge in [-0.05, 0) is 36.4 Å². The van der Waals surface area contributed by atoms with Crippen LogP contribution in [0.5, 0.6) is 0 Å². The van der Waals surface area contributed by atoms with Crippen molar-refractivity contribution in [1.29, 1.82) is 0 Å². The Morgan fingerprint density at radius 2 is 2.10 bits per heavy atom. The first-order valence-corrected chi connectivity index (χ1v) is 7.54. The molecule has 2 aromatic rings. The number of aliphatic hydroxyl groups is 1. The molecule has 20 heavy (non-hydrogen) atoms. The van der Waals surface area contributed by atoms with Crippen molar-refractivity contribution in [2.24, 2.45) is 0 Å². The summed E-state index contributed by atoms with van der Waals surface area (Å²) in [5.41, 5.74) is 1.95. The summed E-state index contributed by atoms with van der Waals surface area (Å²) >= 11 is 3.43. The molecule has 0 bridgehead atoms. The summed E-state index contributed by atoms with van der Waals surface area (Å²) in [6.07, 6.45) is 1.31. The number of aliphatic hydroxyl groups excluding tert-OH is 1. The smallest absolute Gasteiger partial charge is 0.0917 e. The summed E-state index contributed by atoms with van der Waals surface area (Å²) in [6, 6.07) is 13.7. The maximum atomic E-state index is 10.3. The zero-order chi connectivity index (χ0) is 14.4. The van der Waals surface area contributed by atoms with Gasteiger partial charge in [0.15, 0.2) is 0 Å². The normalized spacial score (nSPS) is 12.6. The lowest BCUT2D eigenvalue weighted by molar-refractivity contribution is 0.111. The standard InChI is InChI=1S/C16H19BrN2O/c1-2-19(11-15-8-3-4-9-18-15)12-16(20)13-6-5-7-14(17)10-13/h3-10,16,20H,2,11-12H2,1H3. The van der Waals surface area contributed by atoms with Crippen molar-refractivity contribution in [3.8, 4) is 0 Å². The Kier molecular flexibility index (Phi) is 5.71. The summed E-state index contributed by atoms with van der Waals surface area (Å²) in [5, 5.41) is 10.3. The second-order valence-electron chi connectivity index (χ2n) is 4.72. The van der Waals surface area contributed by atoms with Crippen LogP contribution in [0, 0.1) is 0 Å². The van der Waals surface area contributed by atoms with Crippen molar-refractivity contribution in [2.45, 2.75) is 19.6 Å². The van der Waals surface area contributed by atoms with Crippen LogP contribution in [0.1, 0.15) is 24.3 Å². The molecular weight excluding hydrogens is 316 g/mol. The first kappa shape index (κ1) is 15.2. The number of benzene rings is 1. The minimum Gasteiger partial charge on any atom is -0.387 e. The molecule has 0 fully saturated rings. The number of halogens is 1. The van der Waals surface area contributed by atoms with E-state index in [1.165, 1.54) is 0 Å². The Morgan fingerprint density at radius 3 is 2.75 bits per heavy atom. The minimum atomic E-state index is -0.490. The van der Waals surface area contributed by atoms with Gasteiger partial charge in [-0.15, -0.1) is 0 Å². The number of likely N-dealkylation sites (N-methyl/N-ethyl adjacent to an activating group) is 1. The highest BCUT2D eigenvalue weighted by molar-refractivity contribution is 9.10. The van der Waals surface area contributed by atoms with Crippen molar-refractivity contribution in [3.63, 3.8) is 0 Å². The van der Waals surface area contributed by atoms with Gasteiger partial charge < -0.3 is 5.11 Å². The van der Waals surface area contributed by atoms with E-state index >= 15 is 0 Å². The summed E-state index contributed by atoms with van der Waals surface area (Å²) < 4.78 is 0.988. The van der Waals surface area contributed by atoms with Crippen LogP contribution >= 0.6 is 15.9 Å². The maximum absolute atomic E-state index is 10.3. The van der Waals surface area contributed by atoms with Crippen LogP contribution in [0.3, 0.4) is 0 Å². The van der Waals surface area contributed by atoms with Gasteiger partial charge in [-0.25, -0.2) is 0 Å². The molecule has 0 saturated heterocycles. The molecule has 0 amide bonds. The van der Waals surface area contributed by atoms with Gasteiger partial charge in [-0.3, -0.25) is 9.88 Å². The highest BCUT2D eigenvalue weighted by atomic mass is 79.9. The first-order chi connectivity index (χ1) is 9.69. The predicted molar refractivity (Wildman–Crippen MR) is 84.3 cm³/mol. The number of aromatic nitrogens is 1. The average molecular weight is 335 g/mol. The van der Waals surface area contributed by atoms with Crippen molar-refractivity contribution in [2.75, 3.05) is 13.1 Å². The van der Waals surface area contributed by atoms with Crippen molar-refractivity contribution >= 4 is 15.9 Å². The van der Waals surface area contributed by atoms with Crippen molar-refractivity contribution in [3.05, 3.63) is 64.4 Å². The van der Waals surface area contributed by atoms with E-state index in [9.17, 15) is 5.11 Å². The largest absolute Gasteiger partial charge is 0.387 e. The molecule has 0 radical (unpaired) electrons. The summed E-state index contributed by atoms with van der Waals surface area (Å²) in [4.78, 5) is 6.52. The van der Waals surface area contributed by atoms with E-state index < -0.39 is 6.10 Å². The molecule has 1 unspecified atom stereocenters. The topological polar surface area (TPSA) is 36.4 Å². The SMILES string of the molecule is CCN(Cc1ccccn1)CC(O)c1cccc(Br)c1. The van der Waals surface area contributed by atoms with Gasteiger partial charge in [0.05, 0.1) is 11.8 Å². The Labute approximate surface area is 128 Å². The molecule has 1 atom stereocenters. The first-order valence-electron chi connectivity index (χ1n) is 6.75. The van der Waals surface area contributed by atoms with Crippen LogP contribution < -0.4 is 0 Å². The van der Waals surface area contributed by atoms with Crippen LogP contribution in [-0.4, -0.2) is 28.1 Å². The molecule has 4 heteroatoms. The Bertz CT molecular complexity index is 533. The molecule has 3 nitrogen and oxygen atoms in total. The van der Waals surface area contributed by atoms with Gasteiger partial charge in [0, 0.05) is 23.8 Å². The van der Waals surface area contributed by atoms with Crippen LogP contribution in [0.15, 0.2) is 53.1 Å². The lowest BCUT2D eigenvalue weighted by Crippen LogP contribution is -2.28. The summed E-state index contributed by atoms with van der Waals surface area (Å²) in [5.74, 6) is 0. The van der Waals surface area contributed by atoms with Crippen molar-refractivity contribution in [1.82, 2.24) is 9.88 Å². The average Bonchev–Trinajstić information content (AvgIpc) is 2.47. The molecule has 0 aliphatic rings. The summed E-state index contributed by atoms with van der Waals surface area (Å²) in [7, 11) is 0. The monoisotopic (exact) mass is 334 g/mol. The van der Waals surface area contributed by atoms with E-state index in [2.05, 4.69) is 32.7 Å². The number of pyridine rings is 1. The Hall–Kier alpha value is -1.23. The number of hydrogen-bond donors (Lipinski definition) is 1. The number of hydrogen-bond acceptors (Lipinski definition) is 3. The Balaban J connectivity index is 1.99. The van der Waals surface area contributed by atoms with Crippen LogP contribution in [0.2, 0.25) is 0 Å². The van der Waals surface area contributed by atoms with E-state index in [0.717, 1.165) is 28.8 Å². The van der Waals surface area contributed by atoms with Crippen molar-refractivity contribution < 1.29 is 5.11 Å². The highest BCUT2D eigenvalue weighted by Crippen LogP contribution is 2.19. The molecule has 1 heterocycles. The van der Waals surface area contributed by atoms with Gasteiger partial charge in [-0.2, -0.15) is 0 Å². The molecule has 2 rings (SSSR count). The zero-order valence-electron chi connectivity index (χ0n) is 11.5. The predicted octanol–water partition coefficient (Wildman–Crippen LogP) is 3.40. The summed E-state index contributed by atoms with van der Waals surface area (Å²) in [6.45, 7) is 4.32. The van der Waals surface area contributed by atoms with Crippen LogP contribution in [0.4, 0.5) is 0 Å². The number of rotatable bonds is 6. The molecule has 0 aliphatic carbocycles. The number of nitrogens with zero attached hydrogens (tertiary/aromatic N) is 2. The van der Waals surface area contributed by atoms with E-state index in [0.29, 0.717) is 6.54 Å². The third-order valence-electron chi connectivity index (χ3n) is 3.22. The zero-order valence-corrected chi connectivity index (χ0v) is 13.1. The fourth-order valence-electron chi connectivity index (χ4n) is 2.09. The van der Waals surface area contributed by atoms with E-state index in [-0.39, 0.29) is 0 Å². The molecule has 0 aliphatic heterocycles. The van der Waals surface area contributed by atoms with E-state index in [4.69, 9.17) is 0 Å². The quantitative estimate of drug-likeness (QED) is 0.879. The molecule has 1 aromatic carbocycles. The van der Waals surface area contributed by atoms with Gasteiger partial charge in [0.1, 0.15) is 0 Å². The van der Waals surface area contributed by atoms with Crippen LogP contribution in [-0.2, 0) is 6.54 Å². The molecule has 106 valence electrons. The van der Waals surface area contributed by atoms with Crippen LogP contribution in [0.25, 0.3) is 0 Å². The fraction of sp³-hybridized carbons (Fsp3) is 0.312. The van der Waals surface area contributed by atoms with Gasteiger partial charge >= 0.3 is 0 Å². The molecule has 0 saturated carbocycles. The minimum absolute atomic E-state index is 0.490. The van der Waals surface area contributed by atoms with E-state index in [1.807, 2.05) is 42.5 Å². The lowest BCUT2D eigenvalue weighted by atomic mass is 10.1. The van der Waals surface area contributed by atoms with Gasteiger partial charge in [0.2, 0.25) is 0 Å². The Morgan fingerprint density at radius 1 is 1.25 bits per heavy atom. The molecule has 1 aromatic heterocycles. The van der Waals surface area contributed by atoms with E-state index in [1.54, 1.807) is 6.20 Å². The molecule has 0 spiro atoms. The lowest BCUT2D eigenvalue weighted by Gasteiger charge is -2.23. The van der Waals surface area contributed by atoms with Gasteiger partial charge in [-0.1, -0.05) is 41.1 Å². The maximum Gasteiger partial charge on any atom is 0.0917 e. The third-order valence-corrected chi connectivity index (χ3v) is 3.72. The second-order valence-corrected chi connectivity index (χ2v) is 5.64. The second kappa shape index (κ2) is 7.53. The van der Waals surface area contributed by atoms with Gasteiger partial charge in [0.25, 0.3) is 0 Å². The molecular formula is C16H19BrN2O. The third kappa shape index (κ3) is 4.40. The molecule has 1 N–H and O–H groups in total. The highest BCUT2D eigenvalue weighted by Gasteiger charge is 2.13.